The molecule has 0 aromatic heterocycles. The van der Waals surface area contributed by atoms with Gasteiger partial charge in [0.15, 0.2) is 0 Å². The van der Waals surface area contributed by atoms with Gasteiger partial charge in [-0.1, -0.05) is 23.7 Å². The molecule has 5 nitrogen and oxygen atoms in total. The van der Waals surface area contributed by atoms with Crippen LogP contribution >= 0.6 is 11.6 Å². The molecule has 0 saturated carbocycles. The van der Waals surface area contributed by atoms with Crippen LogP contribution in [0.3, 0.4) is 0 Å². The Kier molecular flexibility index (Phi) is 5.41. The SMILES string of the molecule is CC(=O)Oc1ccc(S(=O)(=O)c2ccc(CCN)cc2)cc1Cl. The molecule has 2 aromatic rings. The van der Waals surface area contributed by atoms with Gasteiger partial charge in [-0.25, -0.2) is 8.42 Å². The van der Waals surface area contributed by atoms with Crippen LogP contribution in [0.25, 0.3) is 0 Å². The zero-order valence-electron chi connectivity index (χ0n) is 12.5. The van der Waals surface area contributed by atoms with Crippen molar-refractivity contribution in [3.63, 3.8) is 0 Å². The maximum atomic E-state index is 12.6. The number of rotatable bonds is 5. The number of esters is 1. The second kappa shape index (κ2) is 7.12. The van der Waals surface area contributed by atoms with E-state index in [0.29, 0.717) is 13.0 Å². The summed E-state index contributed by atoms with van der Waals surface area (Å²) in [5.74, 6) is -0.408. The number of sulfone groups is 1. The standard InChI is InChI=1S/C16H16ClNO4S/c1-11(19)22-16-7-6-14(10-15(16)17)23(20,21)13-4-2-12(3-5-13)8-9-18/h2-7,10H,8-9,18H2,1H3. The third-order valence-electron chi connectivity index (χ3n) is 3.13. The molecule has 0 saturated heterocycles. The molecule has 2 rings (SSSR count). The summed E-state index contributed by atoms with van der Waals surface area (Å²) in [4.78, 5) is 11.1. The molecule has 23 heavy (non-hydrogen) atoms. The van der Waals surface area contributed by atoms with Gasteiger partial charge in [0.25, 0.3) is 0 Å². The van der Waals surface area contributed by atoms with E-state index < -0.39 is 15.8 Å². The minimum absolute atomic E-state index is 0.0324. The summed E-state index contributed by atoms with van der Waals surface area (Å²) in [6.45, 7) is 1.74. The van der Waals surface area contributed by atoms with Crippen LogP contribution in [0.5, 0.6) is 5.75 Å². The van der Waals surface area contributed by atoms with Crippen LogP contribution in [0, 0.1) is 0 Å². The van der Waals surface area contributed by atoms with Crippen LogP contribution < -0.4 is 10.5 Å². The minimum Gasteiger partial charge on any atom is -0.425 e. The number of carbonyl (C=O) groups is 1. The van der Waals surface area contributed by atoms with E-state index in [1.807, 2.05) is 0 Å². The summed E-state index contributed by atoms with van der Waals surface area (Å²) >= 11 is 5.98. The predicted molar refractivity (Wildman–Crippen MR) is 87.4 cm³/mol. The maximum absolute atomic E-state index is 12.6. The number of halogens is 1. The number of carbonyl (C=O) groups excluding carboxylic acids is 1. The van der Waals surface area contributed by atoms with E-state index in [1.54, 1.807) is 12.1 Å². The normalized spacial score (nSPS) is 11.3. The number of ether oxygens (including phenoxy) is 1. The van der Waals surface area contributed by atoms with E-state index >= 15 is 0 Å². The van der Waals surface area contributed by atoms with Crippen LogP contribution in [0.1, 0.15) is 12.5 Å². The number of hydrogen-bond donors (Lipinski definition) is 1. The fourth-order valence-electron chi connectivity index (χ4n) is 2.02. The van der Waals surface area contributed by atoms with Gasteiger partial charge >= 0.3 is 5.97 Å². The molecule has 2 aromatic carbocycles. The van der Waals surface area contributed by atoms with Crippen LogP contribution in [-0.2, 0) is 21.1 Å². The summed E-state index contributed by atoms with van der Waals surface area (Å²) in [5, 5.41) is 0.0565. The van der Waals surface area contributed by atoms with Gasteiger partial charge in [-0.3, -0.25) is 4.79 Å². The van der Waals surface area contributed by atoms with Gasteiger partial charge in [-0.15, -0.1) is 0 Å². The van der Waals surface area contributed by atoms with Crippen molar-refractivity contribution in [3.8, 4) is 5.75 Å². The van der Waals surface area contributed by atoms with Crippen LogP contribution in [0.2, 0.25) is 5.02 Å². The molecular formula is C16H16ClNO4S. The highest BCUT2D eigenvalue weighted by molar-refractivity contribution is 7.91. The molecule has 122 valence electrons. The first kappa shape index (κ1) is 17.5. The second-order valence-corrected chi connectivity index (χ2v) is 7.23. The molecule has 0 spiro atoms. The Bertz CT molecular complexity index is 816. The molecule has 0 bridgehead atoms. The van der Waals surface area contributed by atoms with E-state index in [-0.39, 0.29) is 20.6 Å². The average Bonchev–Trinajstić information content (AvgIpc) is 2.49. The van der Waals surface area contributed by atoms with E-state index in [0.717, 1.165) is 5.56 Å². The topological polar surface area (TPSA) is 86.5 Å². The average molecular weight is 354 g/mol. The lowest BCUT2D eigenvalue weighted by molar-refractivity contribution is -0.131. The van der Waals surface area contributed by atoms with E-state index in [2.05, 4.69) is 0 Å². The molecule has 0 atom stereocenters. The molecule has 0 aliphatic carbocycles. The van der Waals surface area contributed by atoms with Gasteiger partial charge < -0.3 is 10.5 Å². The fraction of sp³-hybridized carbons (Fsp3) is 0.188. The van der Waals surface area contributed by atoms with Crippen molar-refractivity contribution in [2.75, 3.05) is 6.54 Å². The van der Waals surface area contributed by atoms with Gasteiger partial charge in [0.05, 0.1) is 14.8 Å². The molecule has 7 heteroatoms. The largest absolute Gasteiger partial charge is 0.425 e. The molecule has 0 amide bonds. The molecule has 0 radical (unpaired) electrons. The lowest BCUT2D eigenvalue weighted by atomic mass is 10.2. The first-order chi connectivity index (χ1) is 10.8. The Morgan fingerprint density at radius 2 is 1.74 bits per heavy atom. The first-order valence-electron chi connectivity index (χ1n) is 6.86. The van der Waals surface area contributed by atoms with Crippen LogP contribution in [-0.4, -0.2) is 20.9 Å². The zero-order chi connectivity index (χ0) is 17.0. The van der Waals surface area contributed by atoms with Crippen molar-refractivity contribution < 1.29 is 17.9 Å². The fourth-order valence-corrected chi connectivity index (χ4v) is 3.59. The van der Waals surface area contributed by atoms with Gasteiger partial charge in [-0.05, 0) is 48.9 Å². The van der Waals surface area contributed by atoms with Crippen molar-refractivity contribution >= 4 is 27.4 Å². The van der Waals surface area contributed by atoms with Gasteiger partial charge in [0.2, 0.25) is 9.84 Å². The lowest BCUT2D eigenvalue weighted by Gasteiger charge is -2.09. The summed E-state index contributed by atoms with van der Waals surface area (Å²) in [6, 6.07) is 10.5. The van der Waals surface area contributed by atoms with Crippen molar-refractivity contribution in [2.45, 2.75) is 23.1 Å². The van der Waals surface area contributed by atoms with E-state index in [9.17, 15) is 13.2 Å². The van der Waals surface area contributed by atoms with Crippen LogP contribution in [0.4, 0.5) is 0 Å². The quantitative estimate of drug-likeness (QED) is 0.659. The Morgan fingerprint density at radius 3 is 2.26 bits per heavy atom. The van der Waals surface area contributed by atoms with Crippen molar-refractivity contribution in [1.29, 1.82) is 0 Å². The van der Waals surface area contributed by atoms with Crippen molar-refractivity contribution in [3.05, 3.63) is 53.1 Å². The number of benzene rings is 2. The maximum Gasteiger partial charge on any atom is 0.308 e. The van der Waals surface area contributed by atoms with E-state index in [1.165, 1.54) is 37.3 Å². The Labute approximate surface area is 139 Å². The smallest absolute Gasteiger partial charge is 0.308 e. The van der Waals surface area contributed by atoms with Crippen molar-refractivity contribution in [2.24, 2.45) is 5.73 Å². The summed E-state index contributed by atoms with van der Waals surface area (Å²) < 4.78 is 30.1. The number of nitrogens with two attached hydrogens (primary N) is 1. The molecule has 0 aliphatic heterocycles. The van der Waals surface area contributed by atoms with E-state index in [4.69, 9.17) is 22.1 Å². The van der Waals surface area contributed by atoms with Gasteiger partial charge in [0, 0.05) is 6.92 Å². The van der Waals surface area contributed by atoms with Gasteiger partial charge in [0.1, 0.15) is 5.75 Å². The van der Waals surface area contributed by atoms with Crippen LogP contribution in [0.15, 0.2) is 52.3 Å². The highest BCUT2D eigenvalue weighted by Gasteiger charge is 2.19. The molecular weight excluding hydrogens is 338 g/mol. The number of hydrogen-bond acceptors (Lipinski definition) is 5. The Morgan fingerprint density at radius 1 is 1.13 bits per heavy atom. The summed E-state index contributed by atoms with van der Waals surface area (Å²) in [7, 11) is -3.69. The molecule has 0 fully saturated rings. The molecule has 0 unspecified atom stereocenters. The minimum atomic E-state index is -3.69. The second-order valence-electron chi connectivity index (χ2n) is 4.87. The molecule has 0 heterocycles. The predicted octanol–water partition coefficient (Wildman–Crippen LogP) is 2.60. The third-order valence-corrected chi connectivity index (χ3v) is 5.20. The molecule has 0 aliphatic rings. The Balaban J connectivity index is 2.35. The zero-order valence-corrected chi connectivity index (χ0v) is 14.0. The lowest BCUT2D eigenvalue weighted by Crippen LogP contribution is -2.06. The first-order valence-corrected chi connectivity index (χ1v) is 8.73. The highest BCUT2D eigenvalue weighted by atomic mass is 35.5. The Hall–Kier alpha value is -1.89. The highest BCUT2D eigenvalue weighted by Crippen LogP contribution is 2.30. The molecule has 2 N–H and O–H groups in total. The van der Waals surface area contributed by atoms with Gasteiger partial charge in [-0.2, -0.15) is 0 Å². The van der Waals surface area contributed by atoms with Crippen molar-refractivity contribution in [1.82, 2.24) is 0 Å². The third kappa shape index (κ3) is 4.10. The monoisotopic (exact) mass is 353 g/mol. The summed E-state index contributed by atoms with van der Waals surface area (Å²) in [6.07, 6.45) is 0.684. The summed E-state index contributed by atoms with van der Waals surface area (Å²) in [5.41, 5.74) is 6.44.